The Kier molecular flexibility index (Phi) is 3.27. The SMILES string of the molecule is CC(C)(C)C1CCN(C(=O)c2ccc3c(c2)NC(=O)C3)C1. The van der Waals surface area contributed by atoms with Crippen LogP contribution in [0.1, 0.15) is 43.1 Å². The first-order valence-corrected chi connectivity index (χ1v) is 7.56. The average Bonchev–Trinajstić information content (AvgIpc) is 3.01. The lowest BCUT2D eigenvalue weighted by Gasteiger charge is -2.27. The van der Waals surface area contributed by atoms with Gasteiger partial charge in [-0.3, -0.25) is 9.59 Å². The molecule has 2 aliphatic heterocycles. The molecule has 1 atom stereocenters. The molecule has 4 nitrogen and oxygen atoms in total. The maximum absolute atomic E-state index is 12.6. The number of rotatable bonds is 1. The first-order chi connectivity index (χ1) is 9.84. The minimum Gasteiger partial charge on any atom is -0.338 e. The molecule has 0 aromatic heterocycles. The Morgan fingerprint density at radius 3 is 2.76 bits per heavy atom. The first kappa shape index (κ1) is 14.1. The zero-order valence-electron chi connectivity index (χ0n) is 12.9. The highest BCUT2D eigenvalue weighted by molar-refractivity contribution is 6.02. The van der Waals surface area contributed by atoms with Crippen LogP contribution in [0.25, 0.3) is 0 Å². The van der Waals surface area contributed by atoms with E-state index in [-0.39, 0.29) is 17.2 Å². The highest BCUT2D eigenvalue weighted by Gasteiger charge is 2.34. The van der Waals surface area contributed by atoms with Gasteiger partial charge in [-0.15, -0.1) is 0 Å². The number of fused-ring (bicyclic) bond motifs is 1. The van der Waals surface area contributed by atoms with Crippen LogP contribution in [0.15, 0.2) is 18.2 Å². The molecule has 0 radical (unpaired) electrons. The summed E-state index contributed by atoms with van der Waals surface area (Å²) < 4.78 is 0. The lowest BCUT2D eigenvalue weighted by atomic mass is 9.80. The topological polar surface area (TPSA) is 49.4 Å². The number of carbonyl (C=O) groups excluding carboxylic acids is 2. The van der Waals surface area contributed by atoms with Gasteiger partial charge in [0.05, 0.1) is 6.42 Å². The van der Waals surface area contributed by atoms with E-state index < -0.39 is 0 Å². The first-order valence-electron chi connectivity index (χ1n) is 7.56. The van der Waals surface area contributed by atoms with Gasteiger partial charge in [0, 0.05) is 24.3 Å². The van der Waals surface area contributed by atoms with Crippen LogP contribution in [0.4, 0.5) is 5.69 Å². The summed E-state index contributed by atoms with van der Waals surface area (Å²) in [5.74, 6) is 0.629. The van der Waals surface area contributed by atoms with Gasteiger partial charge < -0.3 is 10.2 Å². The van der Waals surface area contributed by atoms with E-state index in [9.17, 15) is 9.59 Å². The van der Waals surface area contributed by atoms with Crippen LogP contribution < -0.4 is 5.32 Å². The molecule has 1 aromatic rings. The highest BCUT2D eigenvalue weighted by atomic mass is 16.2. The van der Waals surface area contributed by atoms with Crippen molar-refractivity contribution in [2.24, 2.45) is 11.3 Å². The fraction of sp³-hybridized carbons (Fsp3) is 0.529. The van der Waals surface area contributed by atoms with Crippen molar-refractivity contribution >= 4 is 17.5 Å². The van der Waals surface area contributed by atoms with Gasteiger partial charge in [-0.25, -0.2) is 0 Å². The van der Waals surface area contributed by atoms with Crippen LogP contribution in [0, 0.1) is 11.3 Å². The van der Waals surface area contributed by atoms with Crippen LogP contribution >= 0.6 is 0 Å². The zero-order valence-corrected chi connectivity index (χ0v) is 12.9. The van der Waals surface area contributed by atoms with Gasteiger partial charge in [-0.2, -0.15) is 0 Å². The summed E-state index contributed by atoms with van der Waals surface area (Å²) >= 11 is 0. The van der Waals surface area contributed by atoms with Crippen molar-refractivity contribution in [1.82, 2.24) is 4.90 Å². The van der Waals surface area contributed by atoms with Crippen molar-refractivity contribution in [3.63, 3.8) is 0 Å². The van der Waals surface area contributed by atoms with Crippen molar-refractivity contribution < 1.29 is 9.59 Å². The van der Waals surface area contributed by atoms with Gasteiger partial charge in [0.2, 0.25) is 5.91 Å². The highest BCUT2D eigenvalue weighted by Crippen LogP contribution is 2.34. The number of amides is 2. The minimum absolute atomic E-state index is 0.00330. The Labute approximate surface area is 125 Å². The minimum atomic E-state index is 0.00330. The van der Waals surface area contributed by atoms with E-state index in [4.69, 9.17) is 0 Å². The van der Waals surface area contributed by atoms with Crippen molar-refractivity contribution in [3.8, 4) is 0 Å². The fourth-order valence-corrected chi connectivity index (χ4v) is 3.18. The molecule has 0 aliphatic carbocycles. The fourth-order valence-electron chi connectivity index (χ4n) is 3.18. The van der Waals surface area contributed by atoms with Crippen LogP contribution in [0.3, 0.4) is 0 Å². The second-order valence-corrected chi connectivity index (χ2v) is 7.20. The monoisotopic (exact) mass is 286 g/mol. The molecule has 2 amide bonds. The van der Waals surface area contributed by atoms with E-state index in [1.165, 1.54) is 0 Å². The van der Waals surface area contributed by atoms with Crippen LogP contribution in [-0.2, 0) is 11.2 Å². The maximum Gasteiger partial charge on any atom is 0.253 e. The maximum atomic E-state index is 12.6. The van der Waals surface area contributed by atoms with Gasteiger partial charge in [0.1, 0.15) is 0 Å². The Balaban J connectivity index is 1.75. The molecule has 1 aromatic carbocycles. The van der Waals surface area contributed by atoms with Gasteiger partial charge in [-0.1, -0.05) is 26.8 Å². The van der Waals surface area contributed by atoms with E-state index in [0.717, 1.165) is 30.8 Å². The van der Waals surface area contributed by atoms with Crippen LogP contribution in [0.5, 0.6) is 0 Å². The summed E-state index contributed by atoms with van der Waals surface area (Å²) in [4.78, 5) is 25.9. The largest absolute Gasteiger partial charge is 0.338 e. The van der Waals surface area contributed by atoms with Gasteiger partial charge in [-0.05, 0) is 35.4 Å². The molecule has 3 rings (SSSR count). The van der Waals surface area contributed by atoms with Gasteiger partial charge >= 0.3 is 0 Å². The Bertz CT molecular complexity index is 601. The summed E-state index contributed by atoms with van der Waals surface area (Å²) in [6.45, 7) is 8.35. The number of nitrogens with one attached hydrogen (secondary N) is 1. The van der Waals surface area contributed by atoms with Crippen molar-refractivity contribution in [3.05, 3.63) is 29.3 Å². The Morgan fingerprint density at radius 2 is 2.10 bits per heavy atom. The summed E-state index contributed by atoms with van der Waals surface area (Å²) in [5.41, 5.74) is 2.68. The average molecular weight is 286 g/mol. The number of benzene rings is 1. The Hall–Kier alpha value is -1.84. The third-order valence-electron chi connectivity index (χ3n) is 4.68. The summed E-state index contributed by atoms with van der Waals surface area (Å²) in [6.07, 6.45) is 1.48. The molecule has 2 aliphatic rings. The van der Waals surface area contributed by atoms with E-state index in [0.29, 0.717) is 17.9 Å². The van der Waals surface area contributed by atoms with Gasteiger partial charge in [0.25, 0.3) is 5.91 Å². The van der Waals surface area contributed by atoms with Crippen LogP contribution in [0.2, 0.25) is 0 Å². The summed E-state index contributed by atoms with van der Waals surface area (Å²) in [6, 6.07) is 5.54. The second kappa shape index (κ2) is 4.86. The number of anilines is 1. The van der Waals surface area contributed by atoms with Crippen molar-refractivity contribution in [1.29, 1.82) is 0 Å². The molecule has 0 saturated carbocycles. The summed E-state index contributed by atoms with van der Waals surface area (Å²) in [5, 5.41) is 2.81. The number of hydrogen-bond acceptors (Lipinski definition) is 2. The van der Waals surface area contributed by atoms with Crippen LogP contribution in [-0.4, -0.2) is 29.8 Å². The smallest absolute Gasteiger partial charge is 0.253 e. The molecule has 4 heteroatoms. The zero-order chi connectivity index (χ0) is 15.2. The predicted octanol–water partition coefficient (Wildman–Crippen LogP) is 2.69. The number of likely N-dealkylation sites (tertiary alicyclic amines) is 1. The van der Waals surface area contributed by atoms with Crippen molar-refractivity contribution in [2.45, 2.75) is 33.6 Å². The summed E-state index contributed by atoms with van der Waals surface area (Å²) in [7, 11) is 0. The number of hydrogen-bond donors (Lipinski definition) is 1. The third kappa shape index (κ3) is 2.67. The lowest BCUT2D eigenvalue weighted by Crippen LogP contribution is -2.31. The molecular formula is C17H22N2O2. The second-order valence-electron chi connectivity index (χ2n) is 7.20. The van der Waals surface area contributed by atoms with E-state index in [2.05, 4.69) is 26.1 Å². The normalized spacial score (nSPS) is 21.4. The van der Waals surface area contributed by atoms with Crippen molar-refractivity contribution in [2.75, 3.05) is 18.4 Å². The molecule has 1 fully saturated rings. The molecule has 21 heavy (non-hydrogen) atoms. The third-order valence-corrected chi connectivity index (χ3v) is 4.68. The molecule has 1 saturated heterocycles. The molecule has 0 spiro atoms. The quantitative estimate of drug-likeness (QED) is 0.863. The van der Waals surface area contributed by atoms with E-state index >= 15 is 0 Å². The molecular weight excluding hydrogens is 264 g/mol. The lowest BCUT2D eigenvalue weighted by molar-refractivity contribution is -0.115. The number of carbonyl (C=O) groups is 2. The molecule has 0 bridgehead atoms. The molecule has 1 N–H and O–H groups in total. The van der Waals surface area contributed by atoms with Gasteiger partial charge in [0.15, 0.2) is 0 Å². The molecule has 2 heterocycles. The Morgan fingerprint density at radius 1 is 1.33 bits per heavy atom. The number of nitrogens with zero attached hydrogens (tertiary/aromatic N) is 1. The van der Waals surface area contributed by atoms with E-state index in [1.807, 2.05) is 23.1 Å². The van der Waals surface area contributed by atoms with E-state index in [1.54, 1.807) is 0 Å². The molecule has 1 unspecified atom stereocenters. The predicted molar refractivity (Wildman–Crippen MR) is 82.2 cm³/mol. The molecule has 112 valence electrons. The standard InChI is InChI=1S/C17H22N2O2/c1-17(2,3)13-6-7-19(10-13)16(21)12-5-4-11-9-15(20)18-14(11)8-12/h4-5,8,13H,6-7,9-10H2,1-3H3,(H,18,20).